The van der Waals surface area contributed by atoms with Gasteiger partial charge < -0.3 is 9.26 Å². The van der Waals surface area contributed by atoms with Crippen molar-refractivity contribution in [3.8, 4) is 5.75 Å². The molecule has 4 heteroatoms. The van der Waals surface area contributed by atoms with Crippen LogP contribution in [0.2, 0.25) is 0 Å². The van der Waals surface area contributed by atoms with E-state index in [0.29, 0.717) is 12.5 Å². The van der Waals surface area contributed by atoms with Crippen LogP contribution in [0.1, 0.15) is 88.9 Å². The maximum absolute atomic E-state index is 6.00. The third-order valence-electron chi connectivity index (χ3n) is 5.69. The minimum Gasteiger partial charge on any atom is -0.483 e. The minimum atomic E-state index is 0.264. The second-order valence-corrected chi connectivity index (χ2v) is 8.48. The summed E-state index contributed by atoms with van der Waals surface area (Å²) in [6.45, 7) is 6.84. The fourth-order valence-corrected chi connectivity index (χ4v) is 4.06. The topological polar surface area (TPSA) is 48.2 Å². The average Bonchev–Trinajstić information content (AvgIpc) is 3.15. The van der Waals surface area contributed by atoms with Gasteiger partial charge in [0.2, 0.25) is 0 Å². The van der Waals surface area contributed by atoms with E-state index in [1.807, 2.05) is 12.1 Å². The van der Waals surface area contributed by atoms with Crippen LogP contribution >= 0.6 is 0 Å². The summed E-state index contributed by atoms with van der Waals surface area (Å²) in [5, 5.41) is 4.00. The number of aromatic nitrogens is 2. The highest BCUT2D eigenvalue weighted by atomic mass is 16.5. The molecular formula is C23H34N2O2. The summed E-state index contributed by atoms with van der Waals surface area (Å²) in [5.41, 5.74) is 1.27. The monoisotopic (exact) mass is 370 g/mol. The van der Waals surface area contributed by atoms with Crippen LogP contribution in [0.25, 0.3) is 0 Å². The molecule has 1 atom stereocenters. The average molecular weight is 371 g/mol. The van der Waals surface area contributed by atoms with Crippen molar-refractivity contribution in [1.29, 1.82) is 0 Å². The van der Waals surface area contributed by atoms with E-state index < -0.39 is 0 Å². The number of hydrogen-bond donors (Lipinski definition) is 0. The molecule has 1 unspecified atom stereocenters. The molecule has 0 amide bonds. The minimum absolute atomic E-state index is 0.264. The number of hydrogen-bond acceptors (Lipinski definition) is 4. The molecule has 2 aromatic rings. The molecule has 4 nitrogen and oxygen atoms in total. The van der Waals surface area contributed by atoms with Crippen molar-refractivity contribution in [2.24, 2.45) is 11.8 Å². The Balaban J connectivity index is 1.50. The fraction of sp³-hybridized carbons (Fsp3) is 0.652. The van der Waals surface area contributed by atoms with Crippen LogP contribution in [-0.2, 0) is 13.0 Å². The smallest absolute Gasteiger partial charge is 0.264 e. The first-order valence-electron chi connectivity index (χ1n) is 10.6. The summed E-state index contributed by atoms with van der Waals surface area (Å²) in [4.78, 5) is 4.39. The van der Waals surface area contributed by atoms with E-state index in [1.165, 1.54) is 50.5 Å². The van der Waals surface area contributed by atoms with Crippen molar-refractivity contribution in [1.82, 2.24) is 10.1 Å². The van der Waals surface area contributed by atoms with Gasteiger partial charge in [-0.2, -0.15) is 4.98 Å². The molecule has 0 aliphatic heterocycles. The first kappa shape index (κ1) is 19.9. The van der Waals surface area contributed by atoms with E-state index in [9.17, 15) is 0 Å². The lowest BCUT2D eigenvalue weighted by Crippen LogP contribution is -2.11. The molecule has 1 saturated carbocycles. The quantitative estimate of drug-likeness (QED) is 0.519. The number of aryl methyl sites for hydroxylation is 1. The molecule has 1 aliphatic carbocycles. The van der Waals surface area contributed by atoms with Crippen molar-refractivity contribution < 1.29 is 9.26 Å². The van der Waals surface area contributed by atoms with E-state index in [0.717, 1.165) is 29.8 Å². The highest BCUT2D eigenvalue weighted by Gasteiger charge is 2.17. The molecule has 1 aliphatic rings. The van der Waals surface area contributed by atoms with Gasteiger partial charge in [0.1, 0.15) is 5.75 Å². The van der Waals surface area contributed by atoms with Crippen LogP contribution in [0.5, 0.6) is 5.75 Å². The third-order valence-corrected chi connectivity index (χ3v) is 5.69. The highest BCUT2D eigenvalue weighted by molar-refractivity contribution is 5.33. The molecule has 0 saturated heterocycles. The van der Waals surface area contributed by atoms with Crippen molar-refractivity contribution in [3.05, 3.63) is 41.5 Å². The fourth-order valence-electron chi connectivity index (χ4n) is 4.06. The molecule has 3 rings (SSSR count). The Morgan fingerprint density at radius 3 is 2.63 bits per heavy atom. The Labute approximate surface area is 163 Å². The van der Waals surface area contributed by atoms with Crippen LogP contribution in [0.3, 0.4) is 0 Å². The SMILES string of the molecule is CC(CCc1ccccc1OCc1nc(C(C)C)no1)CC1CCCCC1. The lowest BCUT2D eigenvalue weighted by atomic mass is 9.82. The Morgan fingerprint density at radius 2 is 1.89 bits per heavy atom. The van der Waals surface area contributed by atoms with Gasteiger partial charge in [0.05, 0.1) is 0 Å². The van der Waals surface area contributed by atoms with Crippen molar-refractivity contribution in [3.63, 3.8) is 0 Å². The predicted molar refractivity (Wildman–Crippen MR) is 108 cm³/mol. The van der Waals surface area contributed by atoms with Crippen molar-refractivity contribution >= 4 is 0 Å². The number of nitrogens with zero attached hydrogens (tertiary/aromatic N) is 2. The molecule has 0 N–H and O–H groups in total. The first-order valence-corrected chi connectivity index (χ1v) is 10.6. The molecule has 0 radical (unpaired) electrons. The third kappa shape index (κ3) is 6.08. The van der Waals surface area contributed by atoms with Crippen molar-refractivity contribution in [2.75, 3.05) is 0 Å². The van der Waals surface area contributed by atoms with Crippen LogP contribution in [0.15, 0.2) is 28.8 Å². The van der Waals surface area contributed by atoms with Gasteiger partial charge in [0.15, 0.2) is 12.4 Å². The van der Waals surface area contributed by atoms with E-state index in [4.69, 9.17) is 9.26 Å². The lowest BCUT2D eigenvalue weighted by molar-refractivity contribution is 0.239. The molecule has 0 bridgehead atoms. The maximum atomic E-state index is 6.00. The summed E-state index contributed by atoms with van der Waals surface area (Å²) in [5.74, 6) is 4.20. The number of rotatable bonds is 9. The van der Waals surface area contributed by atoms with Crippen LogP contribution < -0.4 is 4.74 Å². The van der Waals surface area contributed by atoms with Crippen LogP contribution in [0, 0.1) is 11.8 Å². The number of para-hydroxylation sites is 1. The second kappa shape index (κ2) is 9.91. The Bertz CT molecular complexity index is 689. The summed E-state index contributed by atoms with van der Waals surface area (Å²) in [6.07, 6.45) is 10.8. The highest BCUT2D eigenvalue weighted by Crippen LogP contribution is 2.31. The van der Waals surface area contributed by atoms with Gasteiger partial charge in [-0.05, 0) is 42.7 Å². The van der Waals surface area contributed by atoms with Gasteiger partial charge >= 0.3 is 0 Å². The van der Waals surface area contributed by atoms with E-state index in [2.05, 4.69) is 43.0 Å². The second-order valence-electron chi connectivity index (χ2n) is 8.48. The zero-order valence-corrected chi connectivity index (χ0v) is 17.1. The van der Waals surface area contributed by atoms with Gasteiger partial charge in [0, 0.05) is 5.92 Å². The van der Waals surface area contributed by atoms with E-state index in [-0.39, 0.29) is 5.92 Å². The lowest BCUT2D eigenvalue weighted by Gasteiger charge is -2.24. The normalized spacial score (nSPS) is 16.6. The largest absolute Gasteiger partial charge is 0.483 e. The Morgan fingerprint density at radius 1 is 1.11 bits per heavy atom. The van der Waals surface area contributed by atoms with Gasteiger partial charge in [-0.15, -0.1) is 0 Å². The van der Waals surface area contributed by atoms with E-state index in [1.54, 1.807) is 0 Å². The molecule has 27 heavy (non-hydrogen) atoms. The molecule has 0 spiro atoms. The molecule has 1 fully saturated rings. The zero-order chi connectivity index (χ0) is 19.1. The maximum Gasteiger partial charge on any atom is 0.264 e. The standard InChI is InChI=1S/C23H34N2O2/c1-17(2)23-24-22(27-25-23)16-26-21-12-8-7-11-20(21)14-13-18(3)15-19-9-5-4-6-10-19/h7-8,11-12,17-19H,4-6,9-10,13-16H2,1-3H3. The van der Waals surface area contributed by atoms with E-state index >= 15 is 0 Å². The Kier molecular flexibility index (Phi) is 7.31. The van der Waals surface area contributed by atoms with Gasteiger partial charge in [0.25, 0.3) is 5.89 Å². The molecule has 1 aromatic heterocycles. The summed E-state index contributed by atoms with van der Waals surface area (Å²) in [6, 6.07) is 8.34. The van der Waals surface area contributed by atoms with Crippen LogP contribution in [-0.4, -0.2) is 10.1 Å². The predicted octanol–water partition coefficient (Wildman–Crippen LogP) is 6.31. The molecule has 1 heterocycles. The van der Waals surface area contributed by atoms with Gasteiger partial charge in [-0.3, -0.25) is 0 Å². The molecule has 148 valence electrons. The van der Waals surface area contributed by atoms with Crippen molar-refractivity contribution in [2.45, 2.75) is 84.7 Å². The zero-order valence-electron chi connectivity index (χ0n) is 17.1. The van der Waals surface area contributed by atoms with Gasteiger partial charge in [-0.1, -0.05) is 76.2 Å². The number of ether oxygens (including phenoxy) is 1. The molecule has 1 aromatic carbocycles. The summed E-state index contributed by atoms with van der Waals surface area (Å²) >= 11 is 0. The molecular weight excluding hydrogens is 336 g/mol. The summed E-state index contributed by atoms with van der Waals surface area (Å²) in [7, 11) is 0. The first-order chi connectivity index (χ1) is 13.1. The summed E-state index contributed by atoms with van der Waals surface area (Å²) < 4.78 is 11.3. The Hall–Kier alpha value is -1.84. The number of benzene rings is 1. The van der Waals surface area contributed by atoms with Crippen LogP contribution in [0.4, 0.5) is 0 Å². The van der Waals surface area contributed by atoms with Gasteiger partial charge in [-0.25, -0.2) is 0 Å².